The maximum absolute atomic E-state index is 12.4. The minimum atomic E-state index is -5.01. The van der Waals surface area contributed by atoms with Gasteiger partial charge in [-0.2, -0.15) is 13.2 Å². The van der Waals surface area contributed by atoms with E-state index >= 15 is 0 Å². The summed E-state index contributed by atoms with van der Waals surface area (Å²) in [5.74, 6) is -3.25. The van der Waals surface area contributed by atoms with Crippen molar-refractivity contribution in [1.82, 2.24) is 5.32 Å². The number of alkyl halides is 3. The summed E-state index contributed by atoms with van der Waals surface area (Å²) < 4.78 is 46.1. The van der Waals surface area contributed by atoms with Crippen molar-refractivity contribution in [1.29, 1.82) is 0 Å². The van der Waals surface area contributed by atoms with Gasteiger partial charge in [0.05, 0.1) is 7.11 Å². The Morgan fingerprint density at radius 1 is 1.25 bits per heavy atom. The van der Waals surface area contributed by atoms with Gasteiger partial charge in [0.15, 0.2) is 6.10 Å². The lowest BCUT2D eigenvalue weighted by atomic mass is 10.0. The van der Waals surface area contributed by atoms with Crippen LogP contribution in [0.25, 0.3) is 0 Å². The zero-order valence-corrected chi connectivity index (χ0v) is 11.6. The van der Waals surface area contributed by atoms with Crippen molar-refractivity contribution in [2.45, 2.75) is 38.7 Å². The van der Waals surface area contributed by atoms with Crippen LogP contribution in [0, 0.1) is 5.92 Å². The second-order valence-electron chi connectivity index (χ2n) is 5.00. The van der Waals surface area contributed by atoms with Crippen molar-refractivity contribution < 1.29 is 37.3 Å². The van der Waals surface area contributed by atoms with Crippen molar-refractivity contribution in [3.8, 4) is 0 Å². The van der Waals surface area contributed by atoms with E-state index in [4.69, 9.17) is 9.84 Å². The summed E-state index contributed by atoms with van der Waals surface area (Å²) in [6.07, 6.45) is -8.94. The van der Waals surface area contributed by atoms with Crippen LogP contribution in [0.4, 0.5) is 18.0 Å². The van der Waals surface area contributed by atoms with Gasteiger partial charge in [0, 0.05) is 6.54 Å². The molecule has 1 amide bonds. The average molecular weight is 301 g/mol. The van der Waals surface area contributed by atoms with Crippen LogP contribution in [-0.4, -0.2) is 48.7 Å². The number of methoxy groups -OCH3 is 1. The molecule has 118 valence electrons. The molecule has 6 nitrogen and oxygen atoms in total. The van der Waals surface area contributed by atoms with E-state index in [9.17, 15) is 22.8 Å². The molecular formula is C11H18F3NO5. The summed E-state index contributed by atoms with van der Waals surface area (Å²) in [7, 11) is 0.881. The second-order valence-corrected chi connectivity index (χ2v) is 5.00. The molecule has 0 aliphatic carbocycles. The number of amides is 1. The van der Waals surface area contributed by atoms with E-state index < -0.39 is 42.4 Å². The molecule has 0 rings (SSSR count). The van der Waals surface area contributed by atoms with Gasteiger partial charge in [-0.05, 0) is 20.8 Å². The standard InChI is InChI=1S/C11H18F3NO5/c1-10(2,3)20-9(18)15-5-6(8(17)19-4)7(16)11(12,13)14/h6-7,16H,5H2,1-4H3,(H,15,18)/t6-,7-/m0/s1. The molecule has 2 atom stereocenters. The summed E-state index contributed by atoms with van der Waals surface area (Å²) in [4.78, 5) is 22.5. The van der Waals surface area contributed by atoms with Gasteiger partial charge < -0.3 is 19.9 Å². The average Bonchev–Trinajstić information content (AvgIpc) is 2.24. The van der Waals surface area contributed by atoms with E-state index in [0.717, 1.165) is 7.11 Å². The molecule has 0 unspecified atom stereocenters. The molecule has 0 saturated carbocycles. The van der Waals surface area contributed by atoms with Gasteiger partial charge >= 0.3 is 18.2 Å². The summed E-state index contributed by atoms with van der Waals surface area (Å²) in [5, 5.41) is 11.1. The predicted molar refractivity (Wildman–Crippen MR) is 61.8 cm³/mol. The van der Waals surface area contributed by atoms with Crippen molar-refractivity contribution in [3.63, 3.8) is 0 Å². The molecule has 0 aromatic heterocycles. The van der Waals surface area contributed by atoms with Gasteiger partial charge in [0.25, 0.3) is 0 Å². The Hall–Kier alpha value is -1.51. The lowest BCUT2D eigenvalue weighted by Gasteiger charge is -2.24. The first-order chi connectivity index (χ1) is 8.88. The molecule has 0 spiro atoms. The molecule has 0 aromatic carbocycles. The third-order valence-corrected chi connectivity index (χ3v) is 2.09. The third-order valence-electron chi connectivity index (χ3n) is 2.09. The Kier molecular flexibility index (Phi) is 6.27. The fourth-order valence-corrected chi connectivity index (χ4v) is 1.21. The molecular weight excluding hydrogens is 283 g/mol. The molecule has 0 fully saturated rings. The number of carbonyl (C=O) groups is 2. The summed E-state index contributed by atoms with van der Waals surface area (Å²) in [6.45, 7) is 3.93. The Balaban J connectivity index is 4.70. The molecule has 0 radical (unpaired) electrons. The molecule has 0 aromatic rings. The van der Waals surface area contributed by atoms with Crippen LogP contribution in [-0.2, 0) is 14.3 Å². The molecule has 9 heteroatoms. The first-order valence-corrected chi connectivity index (χ1v) is 5.68. The monoisotopic (exact) mass is 301 g/mol. The van der Waals surface area contributed by atoms with Crippen LogP contribution in [0.1, 0.15) is 20.8 Å². The molecule has 0 heterocycles. The number of esters is 1. The van der Waals surface area contributed by atoms with Crippen LogP contribution < -0.4 is 5.32 Å². The van der Waals surface area contributed by atoms with Crippen LogP contribution in [0.15, 0.2) is 0 Å². The summed E-state index contributed by atoms with van der Waals surface area (Å²) in [5.41, 5.74) is -0.840. The molecule has 0 saturated heterocycles. The number of aliphatic hydroxyl groups excluding tert-OH is 1. The smallest absolute Gasteiger partial charge is 0.415 e. The number of aliphatic hydroxyl groups is 1. The largest absolute Gasteiger partial charge is 0.469 e. The fraction of sp³-hybridized carbons (Fsp3) is 0.818. The van der Waals surface area contributed by atoms with Crippen molar-refractivity contribution in [2.24, 2.45) is 5.92 Å². The number of rotatable bonds is 4. The quantitative estimate of drug-likeness (QED) is 0.763. The van der Waals surface area contributed by atoms with Gasteiger partial charge in [-0.15, -0.1) is 0 Å². The van der Waals surface area contributed by atoms with E-state index in [0.29, 0.717) is 0 Å². The topological polar surface area (TPSA) is 84.9 Å². The van der Waals surface area contributed by atoms with Crippen molar-refractivity contribution in [3.05, 3.63) is 0 Å². The zero-order chi connectivity index (χ0) is 16.1. The number of halogens is 3. The third kappa shape index (κ3) is 6.60. The molecule has 0 aliphatic rings. The lowest BCUT2D eigenvalue weighted by molar-refractivity contribution is -0.222. The highest BCUT2D eigenvalue weighted by atomic mass is 19.4. The van der Waals surface area contributed by atoms with E-state index in [-0.39, 0.29) is 0 Å². The Bertz CT molecular complexity index is 351. The minimum absolute atomic E-state index is 0.762. The van der Waals surface area contributed by atoms with Crippen molar-refractivity contribution in [2.75, 3.05) is 13.7 Å². The van der Waals surface area contributed by atoms with E-state index in [1.54, 1.807) is 20.8 Å². The fourth-order valence-electron chi connectivity index (χ4n) is 1.21. The maximum atomic E-state index is 12.4. The second kappa shape index (κ2) is 6.78. The van der Waals surface area contributed by atoms with Gasteiger partial charge in [-0.1, -0.05) is 0 Å². The first kappa shape index (κ1) is 18.5. The SMILES string of the molecule is COC(=O)[C@@H](CNC(=O)OC(C)(C)C)[C@H](O)C(F)(F)F. The van der Waals surface area contributed by atoms with E-state index in [2.05, 4.69) is 4.74 Å². The Morgan fingerprint density at radius 3 is 2.10 bits per heavy atom. The minimum Gasteiger partial charge on any atom is -0.469 e. The van der Waals surface area contributed by atoms with E-state index in [1.165, 1.54) is 0 Å². The van der Waals surface area contributed by atoms with Gasteiger partial charge in [0.1, 0.15) is 11.5 Å². The number of carbonyl (C=O) groups excluding carboxylic acids is 2. The van der Waals surface area contributed by atoms with Gasteiger partial charge in [-0.3, -0.25) is 4.79 Å². The first-order valence-electron chi connectivity index (χ1n) is 5.68. The Labute approximate surface area is 114 Å². The number of hydrogen-bond acceptors (Lipinski definition) is 5. The number of ether oxygens (including phenoxy) is 2. The summed E-state index contributed by atoms with van der Waals surface area (Å²) >= 11 is 0. The zero-order valence-electron chi connectivity index (χ0n) is 11.6. The normalized spacial score (nSPS) is 15.2. The highest BCUT2D eigenvalue weighted by Gasteiger charge is 2.47. The molecule has 2 N–H and O–H groups in total. The van der Waals surface area contributed by atoms with Crippen LogP contribution in [0.2, 0.25) is 0 Å². The van der Waals surface area contributed by atoms with Gasteiger partial charge in [-0.25, -0.2) is 4.79 Å². The molecule has 20 heavy (non-hydrogen) atoms. The summed E-state index contributed by atoms with van der Waals surface area (Å²) in [6, 6.07) is 0. The van der Waals surface area contributed by atoms with Crippen LogP contribution in [0.5, 0.6) is 0 Å². The van der Waals surface area contributed by atoms with Crippen LogP contribution >= 0.6 is 0 Å². The Morgan fingerprint density at radius 2 is 1.75 bits per heavy atom. The maximum Gasteiger partial charge on any atom is 0.415 e. The number of alkyl carbamates (subject to hydrolysis) is 1. The van der Waals surface area contributed by atoms with Gasteiger partial charge in [0.2, 0.25) is 0 Å². The van der Waals surface area contributed by atoms with E-state index in [1.807, 2.05) is 5.32 Å². The highest BCUT2D eigenvalue weighted by molar-refractivity contribution is 5.75. The molecule has 0 bridgehead atoms. The predicted octanol–water partition coefficient (Wildman–Crippen LogP) is 1.22. The molecule has 0 aliphatic heterocycles. The number of nitrogens with one attached hydrogen (secondary N) is 1. The van der Waals surface area contributed by atoms with Crippen LogP contribution in [0.3, 0.4) is 0 Å². The highest BCUT2D eigenvalue weighted by Crippen LogP contribution is 2.26. The number of hydrogen-bond donors (Lipinski definition) is 2. The van der Waals surface area contributed by atoms with Crippen molar-refractivity contribution >= 4 is 12.1 Å². The lowest BCUT2D eigenvalue weighted by Crippen LogP contribution is -2.47.